The molecule has 454 valence electrons. The van der Waals surface area contributed by atoms with Crippen molar-refractivity contribution in [1.82, 2.24) is 30.2 Å². The Morgan fingerprint density at radius 3 is 2.33 bits per heavy atom. The predicted octanol–water partition coefficient (Wildman–Crippen LogP) is 2.04. The number of carbonyl (C=O) groups is 3. The van der Waals surface area contributed by atoms with Gasteiger partial charge in [-0.3, -0.25) is 32.5 Å². The molecule has 0 radical (unpaired) electrons. The Morgan fingerprint density at radius 2 is 1.62 bits per heavy atom. The zero-order valence-corrected chi connectivity index (χ0v) is 49.1. The molecule has 3 heterocycles. The summed E-state index contributed by atoms with van der Waals surface area (Å²) in [5.74, 6) is -1.01. The van der Waals surface area contributed by atoms with Gasteiger partial charge in [0, 0.05) is 30.7 Å². The number of ether oxygens (including phenoxy) is 1. The number of aromatic nitrogens is 4. The maximum atomic E-state index is 13.1. The van der Waals surface area contributed by atoms with Gasteiger partial charge in [0.1, 0.15) is 36.3 Å². The molecule has 0 bridgehead atoms. The number of nitrogens with one attached hydrogen (secondary N) is 2. The van der Waals surface area contributed by atoms with Crippen molar-refractivity contribution in [2.45, 2.75) is 161 Å². The van der Waals surface area contributed by atoms with E-state index >= 15 is 0 Å². The smallest absolute Gasteiger partial charge is 0.393 e. The van der Waals surface area contributed by atoms with Gasteiger partial charge in [0.2, 0.25) is 11.8 Å². The molecule has 20 atom stereocenters. The summed E-state index contributed by atoms with van der Waals surface area (Å²) in [6.07, 6.45) is -2.81. The molecule has 80 heavy (non-hydrogen) atoms. The zero-order chi connectivity index (χ0) is 59.1. The molecule has 14 N–H and O–H groups in total. The highest BCUT2D eigenvalue weighted by Crippen LogP contribution is 2.69. The maximum absolute atomic E-state index is 13.1. The van der Waals surface area contributed by atoms with Crippen molar-refractivity contribution < 1.29 is 101 Å². The number of nitrogens with zero attached hydrogens (tertiary/aromatic N) is 4. The topological polar surface area (TPSA) is 445 Å². The van der Waals surface area contributed by atoms with Gasteiger partial charge in [-0.25, -0.2) is 28.6 Å². The van der Waals surface area contributed by atoms with Gasteiger partial charge in [-0.2, -0.15) is 4.31 Å². The molecular formula is C48H80N7O21P3S. The lowest BCUT2D eigenvalue weighted by atomic mass is 9.43. The van der Waals surface area contributed by atoms with Crippen LogP contribution < -0.4 is 16.4 Å². The average molecular weight is 1220 g/mol. The Balaban J connectivity index is 0.780. The van der Waals surface area contributed by atoms with Gasteiger partial charge in [-0.15, -0.1) is 0 Å². The Hall–Kier alpha value is -2.60. The molecule has 0 spiro atoms. The number of phosphoric ester groups is 3. The minimum Gasteiger partial charge on any atom is -0.393 e. The normalized spacial score (nSPS) is 34.7. The van der Waals surface area contributed by atoms with E-state index in [9.17, 15) is 78.3 Å². The maximum Gasteiger partial charge on any atom is 0.481 e. The third kappa shape index (κ3) is 14.5. The van der Waals surface area contributed by atoms with Crippen LogP contribution in [-0.4, -0.2) is 168 Å². The fourth-order valence-corrected chi connectivity index (χ4v) is 17.2. The van der Waals surface area contributed by atoms with Crippen LogP contribution in [0.4, 0.5) is 5.82 Å². The van der Waals surface area contributed by atoms with Crippen LogP contribution in [0.5, 0.6) is 0 Å². The number of nitrogen functional groups attached to an aromatic ring is 1. The van der Waals surface area contributed by atoms with Crippen LogP contribution in [0.15, 0.2) is 12.7 Å². The molecule has 4 aliphatic carbocycles. The van der Waals surface area contributed by atoms with Crippen LogP contribution in [-0.2, 0) is 50.7 Å². The number of nitrogens with two attached hydrogens (primary N) is 1. The van der Waals surface area contributed by atoms with E-state index in [-0.39, 0.29) is 99.8 Å². The van der Waals surface area contributed by atoms with Gasteiger partial charge < -0.3 is 71.3 Å². The molecule has 1 aliphatic heterocycles. The van der Waals surface area contributed by atoms with E-state index in [1.165, 1.54) is 13.8 Å². The lowest BCUT2D eigenvalue weighted by Gasteiger charge is -2.63. The number of aliphatic hydroxyl groups is 6. The van der Waals surface area contributed by atoms with Gasteiger partial charge in [0.15, 0.2) is 22.8 Å². The highest BCUT2D eigenvalue weighted by Gasteiger charge is 2.66. The van der Waals surface area contributed by atoms with E-state index in [0.29, 0.717) is 32.1 Å². The molecule has 2 aromatic rings. The molecule has 5 fully saturated rings. The quantitative estimate of drug-likeness (QED) is 0.0500. The summed E-state index contributed by atoms with van der Waals surface area (Å²) in [7, 11) is -16.5. The van der Waals surface area contributed by atoms with Gasteiger partial charge in [0.05, 0.1) is 49.9 Å². The van der Waals surface area contributed by atoms with Crippen molar-refractivity contribution >= 4 is 69.1 Å². The first kappa shape index (κ1) is 65.0. The minimum absolute atomic E-state index is 0.0198. The molecule has 32 heteroatoms. The molecule has 1 saturated heterocycles. The Bertz CT molecular complexity index is 2670. The standard InChI is InChI=1S/C48H80N7O21P3S/c1-24(28-8-9-29-36-30(19-34(59)48(28,29)6)47(5)13-11-27(56)17-26(47)18-32(36)58)7-10-31(57)25(2)45(64)80-16-15-50-35(60)12-14-51-43(63)40(62)46(3,4)21-73-79(70,71)76-78(68,69)72-20-33-39(75-77(65,66)67)38(61)44(74-33)55-23-54-37-41(49)52-22-53-42(37)55/h22-34,36,38-40,44,56-59,61-62H,7-21H2,1-6H3,(H,50,60)(H,51,63)(H,68,69)(H,70,71)(H2,49,52,53)(H2,65,66,67)/t24-,25?,26+,27-,28-,29+,30+,31?,32-,33-,34+,36+,38-,39-,40?,44-,47+,48-/m1/s1. The van der Waals surface area contributed by atoms with E-state index in [1.54, 1.807) is 6.92 Å². The number of amides is 2. The minimum atomic E-state index is -5.62. The molecule has 7 rings (SSSR count). The summed E-state index contributed by atoms with van der Waals surface area (Å²) in [5.41, 5.74) is 3.82. The Labute approximate surface area is 467 Å². The van der Waals surface area contributed by atoms with Gasteiger partial charge in [-0.05, 0) is 104 Å². The zero-order valence-electron chi connectivity index (χ0n) is 45.6. The molecule has 5 unspecified atom stereocenters. The molecule has 2 aromatic heterocycles. The van der Waals surface area contributed by atoms with Crippen molar-refractivity contribution in [3.8, 4) is 0 Å². The summed E-state index contributed by atoms with van der Waals surface area (Å²) in [6.45, 7) is 8.57. The van der Waals surface area contributed by atoms with Gasteiger partial charge in [-0.1, -0.05) is 53.3 Å². The SMILES string of the molecule is CC(C(=O)SCCNC(=O)CCNC(=O)C(O)C(C)(C)COP(=O)(O)OP(=O)(O)OC[C@H]1O[C@@H](n2cnc3c(N)ncnc32)[C@H](O)[C@@H]1OP(=O)(O)O)C(O)CC[C@@H](C)[C@H]1CC[C@H]2[C@@H]3[C@H](O)C[C@@H]4C[C@H](O)CC[C@]4(C)[C@H]3C[C@H](O)[C@]12C. The number of hydrogen-bond acceptors (Lipinski definition) is 22. The van der Waals surface area contributed by atoms with Crippen LogP contribution in [0.1, 0.15) is 112 Å². The number of rotatable bonds is 25. The van der Waals surface area contributed by atoms with Gasteiger partial charge in [0.25, 0.3) is 0 Å². The molecule has 5 aliphatic rings. The van der Waals surface area contributed by atoms with E-state index in [1.807, 2.05) is 0 Å². The fraction of sp³-hybridized carbons (Fsp3) is 0.833. The fourth-order valence-electron chi connectivity index (χ4n) is 13.6. The third-order valence-electron chi connectivity index (χ3n) is 18.1. The second-order valence-corrected chi connectivity index (χ2v) is 29.0. The van der Waals surface area contributed by atoms with Crippen molar-refractivity contribution in [2.24, 2.45) is 57.7 Å². The second-order valence-electron chi connectivity index (χ2n) is 23.7. The molecule has 0 aromatic carbocycles. The number of aliphatic hydroxyl groups excluding tert-OH is 6. The number of imidazole rings is 1. The van der Waals surface area contributed by atoms with Crippen molar-refractivity contribution in [3.05, 3.63) is 12.7 Å². The first-order valence-electron chi connectivity index (χ1n) is 27.0. The van der Waals surface area contributed by atoms with Crippen LogP contribution in [0.2, 0.25) is 0 Å². The van der Waals surface area contributed by atoms with E-state index in [4.69, 9.17) is 19.5 Å². The van der Waals surface area contributed by atoms with Crippen LogP contribution in [0, 0.1) is 57.7 Å². The van der Waals surface area contributed by atoms with Crippen LogP contribution in [0.3, 0.4) is 0 Å². The lowest BCUT2D eigenvalue weighted by Crippen LogP contribution is -2.62. The number of fused-ring (bicyclic) bond motifs is 6. The number of thioether (sulfide) groups is 1. The van der Waals surface area contributed by atoms with Crippen LogP contribution >= 0.6 is 35.2 Å². The summed E-state index contributed by atoms with van der Waals surface area (Å²) < 4.78 is 62.8. The summed E-state index contributed by atoms with van der Waals surface area (Å²) in [5, 5.41) is 71.6. The first-order chi connectivity index (χ1) is 37.2. The highest BCUT2D eigenvalue weighted by molar-refractivity contribution is 8.13. The third-order valence-corrected chi connectivity index (χ3v) is 22.3. The summed E-state index contributed by atoms with van der Waals surface area (Å²) >= 11 is 0.968. The molecule has 4 saturated carbocycles. The Morgan fingerprint density at radius 1 is 0.925 bits per heavy atom. The number of anilines is 1. The molecular weight excluding hydrogens is 1140 g/mol. The Kier molecular flexibility index (Phi) is 20.7. The van der Waals surface area contributed by atoms with Gasteiger partial charge >= 0.3 is 23.5 Å². The predicted molar refractivity (Wildman–Crippen MR) is 285 cm³/mol. The number of phosphoric acid groups is 3. The second kappa shape index (κ2) is 25.5. The van der Waals surface area contributed by atoms with Crippen molar-refractivity contribution in [1.29, 1.82) is 0 Å². The van der Waals surface area contributed by atoms with Crippen LogP contribution in [0.25, 0.3) is 11.2 Å². The van der Waals surface area contributed by atoms with Crippen molar-refractivity contribution in [2.75, 3.05) is 37.8 Å². The summed E-state index contributed by atoms with van der Waals surface area (Å²) in [4.78, 5) is 89.9. The summed E-state index contributed by atoms with van der Waals surface area (Å²) in [6, 6.07) is 0. The molecule has 2 amide bonds. The lowest BCUT2D eigenvalue weighted by molar-refractivity contribution is -0.207. The highest BCUT2D eigenvalue weighted by atomic mass is 32.2. The number of hydrogen-bond donors (Lipinski definition) is 13. The average Bonchev–Trinajstić information content (AvgIpc) is 4.19. The molecule has 28 nitrogen and oxygen atoms in total. The van der Waals surface area contributed by atoms with E-state index in [2.05, 4.69) is 55.2 Å². The number of carbonyl (C=O) groups excluding carboxylic acids is 3. The monoisotopic (exact) mass is 1220 g/mol. The van der Waals surface area contributed by atoms with E-state index < -0.39 is 109 Å². The first-order valence-corrected chi connectivity index (χ1v) is 32.5. The largest absolute Gasteiger partial charge is 0.481 e. The van der Waals surface area contributed by atoms with E-state index in [0.717, 1.165) is 54.7 Å². The van der Waals surface area contributed by atoms with Crippen molar-refractivity contribution in [3.63, 3.8) is 0 Å².